The molecule has 0 spiro atoms. The van der Waals surface area contributed by atoms with E-state index in [0.717, 1.165) is 56.2 Å². The quantitative estimate of drug-likeness (QED) is 0.202. The Bertz CT molecular complexity index is 2660. The molecule has 1 unspecified atom stereocenters. The van der Waals surface area contributed by atoms with E-state index in [2.05, 4.69) is 126 Å². The second-order valence-electron chi connectivity index (χ2n) is 12.3. The summed E-state index contributed by atoms with van der Waals surface area (Å²) < 4.78 is 9.16. The molecule has 6 aromatic carbocycles. The molecule has 0 amide bonds. The monoisotopic (exact) mass is 636 g/mol. The van der Waals surface area contributed by atoms with Crippen LogP contribution >= 0.6 is 11.3 Å². The first-order valence-corrected chi connectivity index (χ1v) is 17.0. The van der Waals surface area contributed by atoms with Crippen molar-refractivity contribution in [1.82, 2.24) is 10.6 Å². The van der Waals surface area contributed by atoms with E-state index < -0.39 is 6.17 Å². The van der Waals surface area contributed by atoms with Crippen LogP contribution in [-0.4, -0.2) is 11.7 Å². The maximum atomic E-state index is 6.61. The molecule has 5 nitrogen and oxygen atoms in total. The summed E-state index contributed by atoms with van der Waals surface area (Å²) in [6, 6.07) is 45.0. The third kappa shape index (κ3) is 4.37. The lowest BCUT2D eigenvalue weighted by Gasteiger charge is -2.23. The summed E-state index contributed by atoms with van der Waals surface area (Å²) in [5, 5.41) is 12.9. The molecule has 48 heavy (non-hydrogen) atoms. The summed E-state index contributed by atoms with van der Waals surface area (Å²) in [6.45, 7) is 0.635. The summed E-state index contributed by atoms with van der Waals surface area (Å²) in [6.07, 6.45) is 3.68. The highest BCUT2D eigenvalue weighted by Gasteiger charge is 2.26. The third-order valence-electron chi connectivity index (χ3n) is 9.36. The second-order valence-corrected chi connectivity index (χ2v) is 13.3. The second kappa shape index (κ2) is 10.8. The van der Waals surface area contributed by atoms with Crippen molar-refractivity contribution >= 4 is 71.0 Å². The molecular weight excluding hydrogens is 609 g/mol. The Balaban J connectivity index is 1.22. The summed E-state index contributed by atoms with van der Waals surface area (Å²) in [4.78, 5) is 10.5. The molecule has 0 saturated carbocycles. The van der Waals surface area contributed by atoms with Gasteiger partial charge in [-0.05, 0) is 70.1 Å². The Morgan fingerprint density at radius 2 is 1.46 bits per heavy atom. The van der Waals surface area contributed by atoms with Gasteiger partial charge in [-0.2, -0.15) is 0 Å². The van der Waals surface area contributed by atoms with Gasteiger partial charge in [-0.1, -0.05) is 97.1 Å². The summed E-state index contributed by atoms with van der Waals surface area (Å²) in [5.74, 6) is 2.48. The van der Waals surface area contributed by atoms with Gasteiger partial charge in [0.05, 0.1) is 6.54 Å². The van der Waals surface area contributed by atoms with Gasteiger partial charge in [-0.25, -0.2) is 9.98 Å². The highest BCUT2D eigenvalue weighted by molar-refractivity contribution is 7.25. The number of aliphatic imine (C=N–C) groups is 2. The number of fused-ring (bicyclic) bond motifs is 7. The molecule has 2 aliphatic rings. The van der Waals surface area contributed by atoms with E-state index in [-0.39, 0.29) is 0 Å². The number of nitrogens with one attached hydrogen (secondary N) is 2. The molecule has 8 aromatic rings. The van der Waals surface area contributed by atoms with Crippen molar-refractivity contribution in [1.29, 1.82) is 0 Å². The largest absolute Gasteiger partial charge is 0.458 e. The number of amidine groups is 2. The lowest BCUT2D eigenvalue weighted by molar-refractivity contribution is 0.532. The highest BCUT2D eigenvalue weighted by Crippen LogP contribution is 2.43. The first-order chi connectivity index (χ1) is 23.8. The average Bonchev–Trinajstić information content (AvgIpc) is 3.73. The van der Waals surface area contributed by atoms with Gasteiger partial charge in [0.15, 0.2) is 6.17 Å². The fourth-order valence-electron chi connectivity index (χ4n) is 7.11. The maximum Gasteiger partial charge on any atom is 0.169 e. The zero-order valence-corrected chi connectivity index (χ0v) is 26.6. The highest BCUT2D eigenvalue weighted by atomic mass is 32.1. The van der Waals surface area contributed by atoms with Crippen molar-refractivity contribution in [2.45, 2.75) is 12.7 Å². The van der Waals surface area contributed by atoms with Crippen LogP contribution in [0.2, 0.25) is 0 Å². The van der Waals surface area contributed by atoms with E-state index >= 15 is 0 Å². The zero-order valence-electron chi connectivity index (χ0n) is 25.8. The average molecular weight is 637 g/mol. The smallest absolute Gasteiger partial charge is 0.169 e. The minimum Gasteiger partial charge on any atom is -0.458 e. The van der Waals surface area contributed by atoms with Crippen molar-refractivity contribution < 1.29 is 4.42 Å². The van der Waals surface area contributed by atoms with Gasteiger partial charge in [0.1, 0.15) is 23.0 Å². The van der Waals surface area contributed by atoms with Gasteiger partial charge in [-0.3, -0.25) is 0 Å². The first kappa shape index (κ1) is 27.2. The molecule has 0 saturated heterocycles. The Morgan fingerprint density at radius 3 is 2.40 bits per heavy atom. The minimum atomic E-state index is -0.427. The van der Waals surface area contributed by atoms with Crippen molar-refractivity contribution in [3.8, 4) is 11.1 Å². The van der Waals surface area contributed by atoms with Gasteiger partial charge in [0, 0.05) is 42.2 Å². The van der Waals surface area contributed by atoms with Crippen molar-refractivity contribution in [3.05, 3.63) is 162 Å². The minimum absolute atomic E-state index is 0.427. The van der Waals surface area contributed by atoms with E-state index in [1.54, 1.807) is 0 Å². The van der Waals surface area contributed by atoms with Gasteiger partial charge in [0.2, 0.25) is 0 Å². The van der Waals surface area contributed by atoms with Crippen LogP contribution in [0.1, 0.15) is 34.2 Å². The van der Waals surface area contributed by atoms with Gasteiger partial charge >= 0.3 is 0 Å². The number of furan rings is 1. The molecule has 0 fully saturated rings. The predicted octanol–water partition coefficient (Wildman–Crippen LogP) is 10.2. The van der Waals surface area contributed by atoms with Crippen LogP contribution < -0.4 is 10.6 Å². The van der Waals surface area contributed by atoms with Crippen LogP contribution in [0.3, 0.4) is 0 Å². The molecule has 4 heterocycles. The van der Waals surface area contributed by atoms with Crippen molar-refractivity contribution in [2.75, 3.05) is 0 Å². The fourth-order valence-corrected chi connectivity index (χ4v) is 8.24. The molecule has 2 N–H and O–H groups in total. The first-order valence-electron chi connectivity index (χ1n) is 16.1. The lowest BCUT2D eigenvalue weighted by atomic mass is 9.94. The SMILES string of the molecule is C1=Cc2c(oc3cc(-c4cccc5sc6ccccc6c45)cc(C4=NC(c5ccc6ccccc6c5)N=C(c5ccccc5)N4)c23)CN1. The number of hydrogen-bond donors (Lipinski definition) is 2. The van der Waals surface area contributed by atoms with Crippen LogP contribution in [0.4, 0.5) is 0 Å². The van der Waals surface area contributed by atoms with Gasteiger partial charge in [0.25, 0.3) is 0 Å². The molecule has 6 heteroatoms. The van der Waals surface area contributed by atoms with Crippen LogP contribution in [-0.2, 0) is 6.54 Å². The molecule has 2 aromatic heterocycles. The summed E-state index contributed by atoms with van der Waals surface area (Å²) in [7, 11) is 0. The number of thiophene rings is 1. The van der Waals surface area contributed by atoms with Crippen LogP contribution in [0.25, 0.3) is 59.1 Å². The van der Waals surface area contributed by atoms with E-state index in [0.29, 0.717) is 6.54 Å². The Labute approximate surface area is 280 Å². The third-order valence-corrected chi connectivity index (χ3v) is 10.5. The maximum absolute atomic E-state index is 6.61. The number of hydrogen-bond acceptors (Lipinski definition) is 6. The van der Waals surface area contributed by atoms with Crippen molar-refractivity contribution in [2.24, 2.45) is 9.98 Å². The van der Waals surface area contributed by atoms with Crippen LogP contribution in [0, 0.1) is 0 Å². The molecular formula is C42H28N4OS. The van der Waals surface area contributed by atoms with Gasteiger partial charge in [-0.15, -0.1) is 11.3 Å². The number of benzene rings is 6. The molecule has 1 atom stereocenters. The van der Waals surface area contributed by atoms with Gasteiger partial charge < -0.3 is 15.1 Å². The summed E-state index contributed by atoms with van der Waals surface area (Å²) in [5.41, 5.74) is 7.23. The van der Waals surface area contributed by atoms with E-state index in [1.165, 1.54) is 36.5 Å². The molecule has 0 bridgehead atoms. The van der Waals surface area contributed by atoms with Crippen molar-refractivity contribution in [3.63, 3.8) is 0 Å². The Morgan fingerprint density at radius 1 is 0.646 bits per heavy atom. The Hall–Kier alpha value is -5.98. The van der Waals surface area contributed by atoms with Crippen LogP contribution in [0.5, 0.6) is 0 Å². The molecule has 228 valence electrons. The normalized spacial score (nSPS) is 15.7. The lowest BCUT2D eigenvalue weighted by Crippen LogP contribution is -2.36. The Kier molecular flexibility index (Phi) is 6.11. The molecule has 10 rings (SSSR count). The zero-order chi connectivity index (χ0) is 31.6. The predicted molar refractivity (Wildman–Crippen MR) is 200 cm³/mol. The molecule has 2 aliphatic heterocycles. The molecule has 0 radical (unpaired) electrons. The van der Waals surface area contributed by atoms with E-state index in [1.807, 2.05) is 35.7 Å². The standard InChI is InChI=1S/C42H28N4OS/c1-2-10-26(11-3-1)40-44-41(28-18-17-25-9-4-5-12-27(25)21-28)46-42(45-40)33-22-29(23-34-38(33)31-19-20-43-24-35(31)47-34)30-14-8-16-37-39(30)32-13-6-7-15-36(32)48-37/h1-23,41,43H,24H2,(H,44,45,46). The number of nitrogens with zero attached hydrogens (tertiary/aromatic N) is 2. The number of rotatable bonds is 4. The fraction of sp³-hybridized carbons (Fsp3) is 0.0476. The molecule has 0 aliphatic carbocycles. The van der Waals surface area contributed by atoms with E-state index in [4.69, 9.17) is 14.4 Å². The van der Waals surface area contributed by atoms with E-state index in [9.17, 15) is 0 Å². The topological polar surface area (TPSA) is 61.9 Å². The summed E-state index contributed by atoms with van der Waals surface area (Å²) >= 11 is 1.83. The van der Waals surface area contributed by atoms with Crippen LogP contribution in [0.15, 0.2) is 148 Å².